The molecule has 0 atom stereocenters. The van der Waals surface area contributed by atoms with Crippen LogP contribution in [0.5, 0.6) is 0 Å². The molecule has 68 valence electrons. The topological polar surface area (TPSA) is 55.6 Å². The largest absolute Gasteiger partial charge is 0.356 e. The van der Waals surface area contributed by atoms with Gasteiger partial charge in [0.25, 0.3) is 0 Å². The summed E-state index contributed by atoms with van der Waals surface area (Å²) in [6, 6.07) is 0. The monoisotopic (exact) mass is 195 g/mol. The lowest BCUT2D eigenvalue weighted by Gasteiger charge is -2.00. The van der Waals surface area contributed by atoms with Gasteiger partial charge in [-0.3, -0.25) is 4.68 Å². The first kappa shape index (κ1) is 8.18. The predicted molar refractivity (Wildman–Crippen MR) is 50.4 cm³/mol. The SMILES string of the molecule is Cn1nncc1CNc1nccs1. The van der Waals surface area contributed by atoms with Gasteiger partial charge in [-0.1, -0.05) is 5.21 Å². The molecule has 2 heterocycles. The number of hydrogen-bond donors (Lipinski definition) is 1. The minimum absolute atomic E-state index is 0.705. The summed E-state index contributed by atoms with van der Waals surface area (Å²) in [7, 11) is 1.87. The van der Waals surface area contributed by atoms with Crippen LogP contribution in [0.15, 0.2) is 17.8 Å². The molecule has 6 heteroatoms. The van der Waals surface area contributed by atoms with Gasteiger partial charge in [0.05, 0.1) is 18.4 Å². The van der Waals surface area contributed by atoms with Gasteiger partial charge in [-0.2, -0.15) is 0 Å². The van der Waals surface area contributed by atoms with E-state index in [9.17, 15) is 0 Å². The van der Waals surface area contributed by atoms with Crippen molar-refractivity contribution < 1.29 is 0 Å². The van der Waals surface area contributed by atoms with Gasteiger partial charge in [0.15, 0.2) is 5.13 Å². The Morgan fingerprint density at radius 2 is 2.54 bits per heavy atom. The molecule has 0 aromatic carbocycles. The Labute approximate surface area is 79.4 Å². The zero-order valence-electron chi connectivity index (χ0n) is 7.14. The summed E-state index contributed by atoms with van der Waals surface area (Å²) >= 11 is 1.58. The number of hydrogen-bond acceptors (Lipinski definition) is 5. The molecule has 0 saturated heterocycles. The van der Waals surface area contributed by atoms with Gasteiger partial charge >= 0.3 is 0 Å². The van der Waals surface area contributed by atoms with E-state index in [1.165, 1.54) is 0 Å². The van der Waals surface area contributed by atoms with Crippen LogP contribution in [-0.4, -0.2) is 20.0 Å². The van der Waals surface area contributed by atoms with Gasteiger partial charge in [-0.05, 0) is 0 Å². The molecule has 0 aliphatic heterocycles. The second-order valence-electron chi connectivity index (χ2n) is 2.54. The van der Waals surface area contributed by atoms with Crippen LogP contribution in [0.4, 0.5) is 5.13 Å². The lowest BCUT2D eigenvalue weighted by molar-refractivity contribution is 0.683. The van der Waals surface area contributed by atoms with E-state index in [4.69, 9.17) is 0 Å². The smallest absolute Gasteiger partial charge is 0.182 e. The van der Waals surface area contributed by atoms with Crippen LogP contribution in [0.25, 0.3) is 0 Å². The van der Waals surface area contributed by atoms with Gasteiger partial charge in [0, 0.05) is 18.6 Å². The van der Waals surface area contributed by atoms with E-state index in [-0.39, 0.29) is 0 Å². The number of nitrogens with zero attached hydrogens (tertiary/aromatic N) is 4. The number of nitrogens with one attached hydrogen (secondary N) is 1. The van der Waals surface area contributed by atoms with Gasteiger partial charge in [-0.25, -0.2) is 4.98 Å². The average molecular weight is 195 g/mol. The molecule has 2 rings (SSSR count). The van der Waals surface area contributed by atoms with Crippen molar-refractivity contribution in [2.45, 2.75) is 6.54 Å². The first-order valence-electron chi connectivity index (χ1n) is 3.83. The zero-order chi connectivity index (χ0) is 9.10. The van der Waals surface area contributed by atoms with Crippen LogP contribution in [0.1, 0.15) is 5.69 Å². The maximum Gasteiger partial charge on any atom is 0.182 e. The van der Waals surface area contributed by atoms with E-state index in [2.05, 4.69) is 20.6 Å². The fraction of sp³-hybridized carbons (Fsp3) is 0.286. The number of aromatic nitrogens is 4. The third-order valence-electron chi connectivity index (χ3n) is 1.66. The second-order valence-corrected chi connectivity index (χ2v) is 3.43. The normalized spacial score (nSPS) is 10.2. The zero-order valence-corrected chi connectivity index (χ0v) is 7.95. The highest BCUT2D eigenvalue weighted by Gasteiger charge is 1.99. The van der Waals surface area contributed by atoms with Gasteiger partial charge < -0.3 is 5.32 Å². The summed E-state index contributed by atoms with van der Waals surface area (Å²) in [4.78, 5) is 4.10. The molecular formula is C7H9N5S. The van der Waals surface area contributed by atoms with E-state index in [1.54, 1.807) is 28.4 Å². The van der Waals surface area contributed by atoms with Crippen molar-refractivity contribution in [3.05, 3.63) is 23.5 Å². The first-order valence-corrected chi connectivity index (χ1v) is 4.71. The van der Waals surface area contributed by atoms with Crippen LogP contribution in [0.3, 0.4) is 0 Å². The fourth-order valence-corrected chi connectivity index (χ4v) is 1.48. The Balaban J connectivity index is 1.97. The number of anilines is 1. The van der Waals surface area contributed by atoms with Crippen LogP contribution in [-0.2, 0) is 13.6 Å². The summed E-state index contributed by atoms with van der Waals surface area (Å²) in [5.74, 6) is 0. The Morgan fingerprint density at radius 1 is 1.62 bits per heavy atom. The molecule has 0 spiro atoms. The summed E-state index contributed by atoms with van der Waals surface area (Å²) in [5.41, 5.74) is 1.04. The Kier molecular flexibility index (Phi) is 2.22. The molecule has 0 bridgehead atoms. The van der Waals surface area contributed by atoms with E-state index in [0.717, 1.165) is 10.8 Å². The van der Waals surface area contributed by atoms with Gasteiger partial charge in [0.1, 0.15) is 0 Å². The molecule has 0 saturated carbocycles. The van der Waals surface area contributed by atoms with E-state index >= 15 is 0 Å². The Morgan fingerprint density at radius 3 is 3.15 bits per heavy atom. The van der Waals surface area contributed by atoms with E-state index in [0.29, 0.717) is 6.54 Å². The Hall–Kier alpha value is -1.43. The molecule has 0 amide bonds. The molecule has 13 heavy (non-hydrogen) atoms. The predicted octanol–water partition coefficient (Wildman–Crippen LogP) is 0.884. The summed E-state index contributed by atoms with van der Waals surface area (Å²) in [5, 5.41) is 13.6. The van der Waals surface area contributed by atoms with Crippen molar-refractivity contribution in [3.8, 4) is 0 Å². The number of rotatable bonds is 3. The van der Waals surface area contributed by atoms with Crippen molar-refractivity contribution in [1.29, 1.82) is 0 Å². The van der Waals surface area contributed by atoms with Crippen molar-refractivity contribution in [3.63, 3.8) is 0 Å². The maximum absolute atomic E-state index is 4.10. The molecule has 0 unspecified atom stereocenters. The van der Waals surface area contributed by atoms with Crippen LogP contribution in [0.2, 0.25) is 0 Å². The Bertz CT molecular complexity index is 366. The van der Waals surface area contributed by atoms with E-state index in [1.807, 2.05) is 12.4 Å². The third-order valence-corrected chi connectivity index (χ3v) is 2.39. The van der Waals surface area contributed by atoms with Crippen molar-refractivity contribution in [1.82, 2.24) is 20.0 Å². The molecule has 0 fully saturated rings. The molecule has 2 aromatic rings. The minimum Gasteiger partial charge on any atom is -0.356 e. The minimum atomic E-state index is 0.705. The summed E-state index contributed by atoms with van der Waals surface area (Å²) in [6.45, 7) is 0.705. The van der Waals surface area contributed by atoms with Gasteiger partial charge in [-0.15, -0.1) is 16.4 Å². The maximum atomic E-state index is 4.10. The standard InChI is InChI=1S/C7H9N5S/c1-12-6(5-10-11-12)4-9-7-8-2-3-13-7/h2-3,5H,4H2,1H3,(H,8,9). The molecule has 5 nitrogen and oxygen atoms in total. The van der Waals surface area contributed by atoms with Crippen molar-refractivity contribution in [2.75, 3.05) is 5.32 Å². The number of thiazole rings is 1. The van der Waals surface area contributed by atoms with Gasteiger partial charge in [0.2, 0.25) is 0 Å². The quantitative estimate of drug-likeness (QED) is 0.790. The second kappa shape index (κ2) is 3.53. The fourth-order valence-electron chi connectivity index (χ4n) is 0.948. The number of aryl methyl sites for hydroxylation is 1. The summed E-state index contributed by atoms with van der Waals surface area (Å²) in [6.07, 6.45) is 3.51. The van der Waals surface area contributed by atoms with Crippen LogP contribution < -0.4 is 5.32 Å². The molecule has 0 aliphatic rings. The molecule has 2 aromatic heterocycles. The average Bonchev–Trinajstić information content (AvgIpc) is 2.72. The van der Waals surface area contributed by atoms with Crippen molar-refractivity contribution in [2.24, 2.45) is 7.05 Å². The van der Waals surface area contributed by atoms with E-state index < -0.39 is 0 Å². The lowest BCUT2D eigenvalue weighted by Crippen LogP contribution is -2.04. The third kappa shape index (κ3) is 1.83. The lowest BCUT2D eigenvalue weighted by atomic mass is 10.5. The molecule has 0 radical (unpaired) electrons. The van der Waals surface area contributed by atoms with Crippen LogP contribution >= 0.6 is 11.3 Å². The molecular weight excluding hydrogens is 186 g/mol. The highest BCUT2D eigenvalue weighted by molar-refractivity contribution is 7.13. The van der Waals surface area contributed by atoms with Crippen LogP contribution in [0, 0.1) is 0 Å². The molecule has 0 aliphatic carbocycles. The molecule has 1 N–H and O–H groups in total. The van der Waals surface area contributed by atoms with Crippen molar-refractivity contribution >= 4 is 16.5 Å². The highest BCUT2D eigenvalue weighted by atomic mass is 32.1. The first-order chi connectivity index (χ1) is 6.36. The summed E-state index contributed by atoms with van der Waals surface area (Å²) < 4.78 is 1.74. The highest BCUT2D eigenvalue weighted by Crippen LogP contribution is 2.11.